The second kappa shape index (κ2) is 11.0. The summed E-state index contributed by atoms with van der Waals surface area (Å²) in [5, 5.41) is 17.3. The second-order valence-corrected chi connectivity index (χ2v) is 10.6. The predicted octanol–water partition coefficient (Wildman–Crippen LogP) is 6.06. The fourth-order valence-corrected chi connectivity index (χ4v) is 4.67. The molecule has 1 heterocycles. The molecule has 6 nitrogen and oxygen atoms in total. The van der Waals surface area contributed by atoms with Gasteiger partial charge in [-0.15, -0.1) is 0 Å². The third-order valence-electron chi connectivity index (χ3n) is 5.24. The molecule has 2 aromatic carbocycles. The molecule has 0 saturated carbocycles. The third-order valence-corrected chi connectivity index (χ3v) is 6.51. The van der Waals surface area contributed by atoms with Crippen LogP contribution in [0.3, 0.4) is 0 Å². The van der Waals surface area contributed by atoms with Gasteiger partial charge in [0.15, 0.2) is 0 Å². The number of hydrogen-bond acceptors (Lipinski definition) is 6. The monoisotopic (exact) mass is 509 g/mol. The van der Waals surface area contributed by atoms with Gasteiger partial charge in [-0.25, -0.2) is 4.79 Å². The zero-order chi connectivity index (χ0) is 25.8. The molecular formula is C27H28ClN3O3S. The molecule has 2 aromatic rings. The Balaban J connectivity index is 1.93. The molecule has 2 N–H and O–H groups in total. The molecule has 1 atom stereocenters. The van der Waals surface area contributed by atoms with Crippen LogP contribution >= 0.6 is 23.4 Å². The van der Waals surface area contributed by atoms with Gasteiger partial charge in [-0.05, 0) is 63.9 Å². The van der Waals surface area contributed by atoms with Crippen LogP contribution in [0, 0.1) is 18.3 Å². The number of ether oxygens (including phenoxy) is 1. The quantitative estimate of drug-likeness (QED) is 0.460. The molecular weight excluding hydrogens is 482 g/mol. The maximum atomic E-state index is 13.2. The van der Waals surface area contributed by atoms with Gasteiger partial charge < -0.3 is 15.4 Å². The number of nitriles is 1. The molecule has 1 amide bonds. The van der Waals surface area contributed by atoms with Crippen LogP contribution in [0.25, 0.3) is 0 Å². The Bertz CT molecular complexity index is 1240. The van der Waals surface area contributed by atoms with Crippen molar-refractivity contribution in [3.8, 4) is 6.07 Å². The molecule has 8 heteroatoms. The minimum Gasteiger partial charge on any atom is -0.457 e. The first kappa shape index (κ1) is 26.4. The summed E-state index contributed by atoms with van der Waals surface area (Å²) in [6.45, 7) is 9.08. The molecule has 0 aliphatic carbocycles. The Morgan fingerprint density at radius 1 is 1.14 bits per heavy atom. The van der Waals surface area contributed by atoms with E-state index in [0.29, 0.717) is 26.9 Å². The zero-order valence-corrected chi connectivity index (χ0v) is 21.9. The van der Waals surface area contributed by atoms with Gasteiger partial charge >= 0.3 is 5.97 Å². The van der Waals surface area contributed by atoms with E-state index >= 15 is 0 Å². The number of halogens is 1. The summed E-state index contributed by atoms with van der Waals surface area (Å²) in [6, 6.07) is 16.8. The Morgan fingerprint density at radius 2 is 1.80 bits per heavy atom. The highest BCUT2D eigenvalue weighted by molar-refractivity contribution is 8.03. The van der Waals surface area contributed by atoms with E-state index in [2.05, 4.69) is 16.7 Å². The molecule has 35 heavy (non-hydrogen) atoms. The minimum absolute atomic E-state index is 0.0875. The van der Waals surface area contributed by atoms with E-state index in [9.17, 15) is 14.9 Å². The normalized spacial score (nSPS) is 15.9. The van der Waals surface area contributed by atoms with Crippen LogP contribution in [0.15, 0.2) is 70.4 Å². The average Bonchev–Trinajstić information content (AvgIpc) is 2.78. The van der Waals surface area contributed by atoms with Crippen LogP contribution < -0.4 is 10.6 Å². The Hall–Kier alpha value is -3.21. The summed E-state index contributed by atoms with van der Waals surface area (Å²) in [6.07, 6.45) is 0. The fraction of sp³-hybridized carbons (Fsp3) is 0.296. The molecule has 0 aromatic heterocycles. The number of benzene rings is 2. The van der Waals surface area contributed by atoms with Crippen LogP contribution in [0.2, 0.25) is 5.02 Å². The number of esters is 1. The number of amides is 1. The summed E-state index contributed by atoms with van der Waals surface area (Å²) < 4.78 is 5.66. The average molecular weight is 510 g/mol. The highest BCUT2D eigenvalue weighted by atomic mass is 35.5. The minimum atomic E-state index is -0.700. The number of hydrogen-bond donors (Lipinski definition) is 2. The maximum Gasteiger partial charge on any atom is 0.337 e. The Labute approximate surface area is 215 Å². The lowest BCUT2D eigenvalue weighted by Gasteiger charge is -2.31. The zero-order valence-electron chi connectivity index (χ0n) is 20.4. The van der Waals surface area contributed by atoms with Crippen LogP contribution in [0.5, 0.6) is 0 Å². The van der Waals surface area contributed by atoms with Gasteiger partial charge in [-0.1, -0.05) is 53.7 Å². The maximum absolute atomic E-state index is 13.2. The standard InChI is InChI=1S/C27H28ClN3O3S/c1-16-8-6-7-9-21(16)31-22(32)15-35-25-20(14-29)24(18-10-12-19(28)13-11-18)23(17(2)30-25)26(33)34-27(3,4)5/h6-13,24,30H,15H2,1-5H3,(H,31,32). The Morgan fingerprint density at radius 3 is 2.40 bits per heavy atom. The molecule has 182 valence electrons. The molecule has 0 bridgehead atoms. The molecule has 3 rings (SSSR count). The largest absolute Gasteiger partial charge is 0.457 e. The van der Waals surface area contributed by atoms with Crippen LogP contribution in [0.1, 0.15) is 44.7 Å². The highest BCUT2D eigenvalue weighted by Crippen LogP contribution is 2.41. The number of thioether (sulfide) groups is 1. The molecule has 1 unspecified atom stereocenters. The number of nitrogens with one attached hydrogen (secondary N) is 2. The number of carbonyl (C=O) groups is 2. The lowest BCUT2D eigenvalue weighted by atomic mass is 9.82. The van der Waals surface area contributed by atoms with E-state index in [1.807, 2.05) is 31.2 Å². The van der Waals surface area contributed by atoms with Gasteiger partial charge in [0.1, 0.15) is 5.60 Å². The number of carbonyl (C=O) groups excluding carboxylic acids is 2. The first-order chi connectivity index (χ1) is 16.5. The van der Waals surface area contributed by atoms with Crippen molar-refractivity contribution < 1.29 is 14.3 Å². The number of dihydropyridines is 1. The van der Waals surface area contributed by atoms with Gasteiger partial charge in [-0.3, -0.25) is 4.79 Å². The molecule has 0 spiro atoms. The van der Waals surface area contributed by atoms with E-state index in [0.717, 1.165) is 16.8 Å². The predicted molar refractivity (Wildman–Crippen MR) is 141 cm³/mol. The van der Waals surface area contributed by atoms with Gasteiger partial charge in [0, 0.05) is 16.4 Å². The highest BCUT2D eigenvalue weighted by Gasteiger charge is 2.37. The number of rotatable bonds is 6. The van der Waals surface area contributed by atoms with E-state index < -0.39 is 17.5 Å². The van der Waals surface area contributed by atoms with Gasteiger partial charge in [0.2, 0.25) is 5.91 Å². The third kappa shape index (κ3) is 6.68. The van der Waals surface area contributed by atoms with Crippen molar-refractivity contribution in [2.45, 2.75) is 46.1 Å². The smallest absolute Gasteiger partial charge is 0.337 e. The fourth-order valence-electron chi connectivity index (χ4n) is 3.66. The van der Waals surface area contributed by atoms with Crippen molar-refractivity contribution in [3.63, 3.8) is 0 Å². The summed E-state index contributed by atoms with van der Waals surface area (Å²) in [7, 11) is 0. The SMILES string of the molecule is CC1=C(C(=O)OC(C)(C)C)C(c2ccc(Cl)cc2)C(C#N)=C(SCC(=O)Nc2ccccc2C)N1. The summed E-state index contributed by atoms with van der Waals surface area (Å²) in [5.74, 6) is -1.27. The van der Waals surface area contributed by atoms with Crippen molar-refractivity contribution in [1.82, 2.24) is 5.32 Å². The van der Waals surface area contributed by atoms with Gasteiger partial charge in [0.05, 0.1) is 33.9 Å². The molecule has 0 fully saturated rings. The first-order valence-electron chi connectivity index (χ1n) is 11.1. The van der Waals surface area contributed by atoms with Crippen molar-refractivity contribution >= 4 is 40.9 Å². The molecule has 0 radical (unpaired) electrons. The molecule has 1 aliphatic rings. The lowest BCUT2D eigenvalue weighted by Crippen LogP contribution is -2.32. The second-order valence-electron chi connectivity index (χ2n) is 9.16. The van der Waals surface area contributed by atoms with Crippen molar-refractivity contribution in [1.29, 1.82) is 5.26 Å². The summed E-state index contributed by atoms with van der Waals surface area (Å²) in [4.78, 5) is 25.8. The van der Waals surface area contributed by atoms with Crippen LogP contribution in [-0.4, -0.2) is 23.2 Å². The van der Waals surface area contributed by atoms with E-state index in [4.69, 9.17) is 16.3 Å². The molecule has 0 saturated heterocycles. The van der Waals surface area contributed by atoms with Crippen LogP contribution in [-0.2, 0) is 14.3 Å². The first-order valence-corrected chi connectivity index (χ1v) is 12.5. The van der Waals surface area contributed by atoms with Gasteiger partial charge in [-0.2, -0.15) is 5.26 Å². The lowest BCUT2D eigenvalue weighted by molar-refractivity contribution is -0.150. The summed E-state index contributed by atoms with van der Waals surface area (Å²) >= 11 is 7.30. The van der Waals surface area contributed by atoms with Crippen molar-refractivity contribution in [2.24, 2.45) is 0 Å². The molecule has 1 aliphatic heterocycles. The number of para-hydroxylation sites is 1. The topological polar surface area (TPSA) is 91.2 Å². The van der Waals surface area contributed by atoms with E-state index in [1.165, 1.54) is 11.8 Å². The number of anilines is 1. The van der Waals surface area contributed by atoms with Crippen molar-refractivity contribution in [3.05, 3.63) is 86.6 Å². The summed E-state index contributed by atoms with van der Waals surface area (Å²) in [5.41, 5.74) is 3.00. The van der Waals surface area contributed by atoms with Gasteiger partial charge in [0.25, 0.3) is 0 Å². The number of aryl methyl sites for hydroxylation is 1. The van der Waals surface area contributed by atoms with E-state index in [-0.39, 0.29) is 11.7 Å². The number of allylic oxidation sites excluding steroid dienone is 2. The number of nitrogens with zero attached hydrogens (tertiary/aromatic N) is 1. The van der Waals surface area contributed by atoms with E-state index in [1.54, 1.807) is 52.0 Å². The Kier molecular flexibility index (Phi) is 8.31. The van der Waals surface area contributed by atoms with Crippen LogP contribution in [0.4, 0.5) is 5.69 Å². The van der Waals surface area contributed by atoms with Crippen molar-refractivity contribution in [2.75, 3.05) is 11.1 Å².